The molecular weight excluding hydrogens is 703 g/mol. The molecule has 0 bridgehead atoms. The summed E-state index contributed by atoms with van der Waals surface area (Å²) in [5, 5.41) is 4.69. The van der Waals surface area contributed by atoms with Crippen molar-refractivity contribution in [3.8, 4) is 33.4 Å². The van der Waals surface area contributed by atoms with E-state index in [0.29, 0.717) is 0 Å². The van der Waals surface area contributed by atoms with E-state index in [1.807, 2.05) is 12.1 Å². The Kier molecular flexibility index (Phi) is 8.76. The molecule has 0 atom stereocenters. The fourth-order valence-electron chi connectivity index (χ4n) is 8.57. The normalized spacial score (nSPS) is 15.3. The standard InChI is InChI=1S/C56H43NO/c1-38-20-29-47(34-35-56(2,3)52-37-45(27-32-48(38)52)44-28-33-55-51(36-44)50-17-9-10-19-54(50)58-55)57(53-18-11-15-43-14-7-8-16-49(43)53)46-30-25-42(26-31-46)41-23-21-40(22-24-41)39-12-5-4-6-13-39/h4-34,36-37H,1,35H2,2-3H3/b29-20-,47-34+. The van der Waals surface area contributed by atoms with Crippen LogP contribution in [0, 0.1) is 0 Å². The van der Waals surface area contributed by atoms with Gasteiger partial charge in [0.15, 0.2) is 0 Å². The second-order valence-corrected chi connectivity index (χ2v) is 16.0. The monoisotopic (exact) mass is 745 g/mol. The third-order valence-electron chi connectivity index (χ3n) is 11.8. The molecule has 1 heterocycles. The highest BCUT2D eigenvalue weighted by Crippen LogP contribution is 2.42. The highest BCUT2D eigenvalue weighted by Gasteiger charge is 2.27. The SMILES string of the molecule is C=C1/C=C\C(N(c2ccc(-c3ccc(-c4ccccc4)cc3)cc2)c2cccc3ccccc23)=C/CC(C)(C)c2cc(-c3ccc4oc5ccccc5c4c3)ccc21. The number of rotatable bonds is 6. The first-order valence-electron chi connectivity index (χ1n) is 20.1. The Hall–Kier alpha value is -7.16. The Balaban J connectivity index is 1.03. The summed E-state index contributed by atoms with van der Waals surface area (Å²) in [6, 6.07) is 65.4. The molecule has 0 aliphatic heterocycles. The predicted molar refractivity (Wildman–Crippen MR) is 246 cm³/mol. The lowest BCUT2D eigenvalue weighted by Crippen LogP contribution is -2.20. The Morgan fingerprint density at radius 2 is 1.09 bits per heavy atom. The number of hydrogen-bond acceptors (Lipinski definition) is 2. The number of hydrogen-bond donors (Lipinski definition) is 0. The molecular formula is C56H43NO. The Labute approximate surface area is 340 Å². The molecule has 0 saturated heterocycles. The van der Waals surface area contributed by atoms with Crippen LogP contribution in [-0.4, -0.2) is 0 Å². The first-order chi connectivity index (χ1) is 28.4. The zero-order valence-electron chi connectivity index (χ0n) is 32.8. The van der Waals surface area contributed by atoms with Gasteiger partial charge in [-0.2, -0.15) is 0 Å². The molecule has 0 fully saturated rings. The van der Waals surface area contributed by atoms with Gasteiger partial charge in [0.25, 0.3) is 0 Å². The van der Waals surface area contributed by atoms with Crippen molar-refractivity contribution in [2.45, 2.75) is 25.7 Å². The average molecular weight is 746 g/mol. The highest BCUT2D eigenvalue weighted by molar-refractivity contribution is 6.06. The lowest BCUT2D eigenvalue weighted by molar-refractivity contribution is 0.532. The first-order valence-corrected chi connectivity index (χ1v) is 20.1. The molecule has 0 N–H and O–H groups in total. The zero-order valence-corrected chi connectivity index (χ0v) is 32.8. The van der Waals surface area contributed by atoms with Crippen molar-refractivity contribution in [1.82, 2.24) is 0 Å². The number of benzene rings is 8. The molecule has 2 nitrogen and oxygen atoms in total. The molecule has 58 heavy (non-hydrogen) atoms. The highest BCUT2D eigenvalue weighted by atomic mass is 16.3. The molecule has 0 amide bonds. The number of anilines is 2. The second kappa shape index (κ2) is 14.4. The summed E-state index contributed by atoms with van der Waals surface area (Å²) in [4.78, 5) is 2.41. The number of nitrogens with zero attached hydrogens (tertiary/aromatic N) is 1. The zero-order chi connectivity index (χ0) is 39.2. The average Bonchev–Trinajstić information content (AvgIpc) is 3.67. The van der Waals surface area contributed by atoms with Crippen molar-refractivity contribution in [2.24, 2.45) is 0 Å². The van der Waals surface area contributed by atoms with Gasteiger partial charge < -0.3 is 9.32 Å². The number of allylic oxidation sites excluding steroid dienone is 4. The van der Waals surface area contributed by atoms with Gasteiger partial charge in [-0.15, -0.1) is 0 Å². The molecule has 2 heteroatoms. The van der Waals surface area contributed by atoms with Crippen LogP contribution in [0.5, 0.6) is 0 Å². The van der Waals surface area contributed by atoms with E-state index < -0.39 is 0 Å². The first kappa shape index (κ1) is 35.3. The van der Waals surface area contributed by atoms with E-state index >= 15 is 0 Å². The van der Waals surface area contributed by atoms with E-state index in [1.54, 1.807) is 0 Å². The summed E-state index contributed by atoms with van der Waals surface area (Å²) in [7, 11) is 0. The van der Waals surface area contributed by atoms with Gasteiger partial charge >= 0.3 is 0 Å². The van der Waals surface area contributed by atoms with Crippen LogP contribution in [0.3, 0.4) is 0 Å². The summed E-state index contributed by atoms with van der Waals surface area (Å²) in [5.41, 5.74) is 15.6. The lowest BCUT2D eigenvalue weighted by atomic mass is 9.76. The van der Waals surface area contributed by atoms with E-state index in [4.69, 9.17) is 4.42 Å². The van der Waals surface area contributed by atoms with E-state index in [1.165, 1.54) is 55.3 Å². The molecule has 1 aliphatic carbocycles. The minimum absolute atomic E-state index is 0.196. The molecule has 0 radical (unpaired) electrons. The van der Waals surface area contributed by atoms with Gasteiger partial charge in [-0.3, -0.25) is 0 Å². The topological polar surface area (TPSA) is 16.4 Å². The van der Waals surface area contributed by atoms with Gasteiger partial charge in [0.2, 0.25) is 0 Å². The summed E-state index contributed by atoms with van der Waals surface area (Å²) in [6.45, 7) is 9.36. The maximum Gasteiger partial charge on any atom is 0.135 e. The van der Waals surface area contributed by atoms with Crippen molar-refractivity contribution in [3.63, 3.8) is 0 Å². The van der Waals surface area contributed by atoms with Crippen molar-refractivity contribution in [3.05, 3.63) is 224 Å². The molecule has 9 aromatic rings. The number of furan rings is 1. The van der Waals surface area contributed by atoms with Gasteiger partial charge in [-0.25, -0.2) is 0 Å². The summed E-state index contributed by atoms with van der Waals surface area (Å²) in [6.07, 6.45) is 7.68. The summed E-state index contributed by atoms with van der Waals surface area (Å²) >= 11 is 0. The molecule has 10 rings (SSSR count). The van der Waals surface area contributed by atoms with Gasteiger partial charge in [0.05, 0.1) is 5.69 Å². The van der Waals surface area contributed by atoms with Crippen molar-refractivity contribution in [2.75, 3.05) is 4.90 Å². The molecule has 278 valence electrons. The van der Waals surface area contributed by atoms with Crippen LogP contribution in [0.1, 0.15) is 31.4 Å². The maximum atomic E-state index is 6.16. The van der Waals surface area contributed by atoms with Gasteiger partial charge in [-0.1, -0.05) is 172 Å². The maximum absolute atomic E-state index is 6.16. The Bertz CT molecular complexity index is 3050. The largest absolute Gasteiger partial charge is 0.456 e. The molecule has 1 aromatic heterocycles. The van der Waals surface area contributed by atoms with Crippen LogP contribution in [0.25, 0.3) is 71.7 Å². The Morgan fingerprint density at radius 1 is 0.500 bits per heavy atom. The fourth-order valence-corrected chi connectivity index (χ4v) is 8.57. The van der Waals surface area contributed by atoms with Crippen LogP contribution in [-0.2, 0) is 5.41 Å². The minimum atomic E-state index is -0.196. The van der Waals surface area contributed by atoms with E-state index in [2.05, 4.69) is 213 Å². The lowest BCUT2D eigenvalue weighted by Gasteiger charge is -2.30. The molecule has 0 unspecified atom stereocenters. The van der Waals surface area contributed by atoms with E-state index in [-0.39, 0.29) is 5.41 Å². The van der Waals surface area contributed by atoms with Crippen molar-refractivity contribution in [1.29, 1.82) is 0 Å². The van der Waals surface area contributed by atoms with Crippen LogP contribution in [0.4, 0.5) is 11.4 Å². The smallest absolute Gasteiger partial charge is 0.135 e. The molecule has 8 aromatic carbocycles. The van der Waals surface area contributed by atoms with Crippen molar-refractivity contribution < 1.29 is 4.42 Å². The third kappa shape index (κ3) is 6.43. The molecule has 0 spiro atoms. The summed E-state index contributed by atoms with van der Waals surface area (Å²) < 4.78 is 6.16. The molecule has 0 saturated carbocycles. The minimum Gasteiger partial charge on any atom is -0.456 e. The van der Waals surface area contributed by atoms with Crippen molar-refractivity contribution >= 4 is 49.7 Å². The number of fused-ring (bicyclic) bond motifs is 5. The van der Waals surface area contributed by atoms with Crippen LogP contribution in [0.15, 0.2) is 217 Å². The van der Waals surface area contributed by atoms with Gasteiger partial charge in [0.1, 0.15) is 11.2 Å². The van der Waals surface area contributed by atoms with E-state index in [9.17, 15) is 0 Å². The van der Waals surface area contributed by atoms with Crippen LogP contribution >= 0.6 is 0 Å². The molecule has 1 aliphatic rings. The van der Waals surface area contributed by atoms with Gasteiger partial charge in [-0.05, 0) is 116 Å². The van der Waals surface area contributed by atoms with Crippen LogP contribution in [0.2, 0.25) is 0 Å². The number of para-hydroxylation sites is 1. The summed E-state index contributed by atoms with van der Waals surface area (Å²) in [5.74, 6) is 0. The third-order valence-corrected chi connectivity index (χ3v) is 11.8. The fraction of sp³-hybridized carbons (Fsp3) is 0.0714. The van der Waals surface area contributed by atoms with Gasteiger partial charge in [0, 0.05) is 27.5 Å². The Morgan fingerprint density at radius 3 is 1.86 bits per heavy atom. The predicted octanol–water partition coefficient (Wildman–Crippen LogP) is 15.7. The van der Waals surface area contributed by atoms with Crippen LogP contribution < -0.4 is 4.90 Å². The second-order valence-electron chi connectivity index (χ2n) is 16.0. The van der Waals surface area contributed by atoms with E-state index in [0.717, 1.165) is 51.0 Å². The quantitative estimate of drug-likeness (QED) is 0.169.